The number of benzene rings is 2. The van der Waals surface area contributed by atoms with Crippen LogP contribution in [0, 0.1) is 5.82 Å². The minimum atomic E-state index is -4.68. The van der Waals surface area contributed by atoms with E-state index in [4.69, 9.17) is 23.2 Å². The second-order valence-electron chi connectivity index (χ2n) is 4.71. The molecule has 0 atom stereocenters. The van der Waals surface area contributed by atoms with E-state index >= 15 is 0 Å². The van der Waals surface area contributed by atoms with Crippen LogP contribution in [-0.4, -0.2) is 12.5 Å². The minimum absolute atomic E-state index is 0.00157. The Kier molecular flexibility index (Phi) is 5.56. The average molecular weight is 381 g/mol. The summed E-state index contributed by atoms with van der Waals surface area (Å²) in [6.45, 7) is -0.432. The Morgan fingerprint density at radius 3 is 2.17 bits per heavy atom. The molecular formula is C15H10Cl2F4N2O. The maximum absolute atomic E-state index is 13.6. The molecule has 0 aliphatic carbocycles. The summed E-state index contributed by atoms with van der Waals surface area (Å²) in [6, 6.07) is 6.75. The third-order valence-corrected chi connectivity index (χ3v) is 3.40. The predicted octanol–water partition coefficient (Wildman–Crippen LogP) is 5.20. The van der Waals surface area contributed by atoms with Crippen LogP contribution in [0.5, 0.6) is 0 Å². The summed E-state index contributed by atoms with van der Waals surface area (Å²) in [4.78, 5) is 11.8. The largest absolute Gasteiger partial charge is 0.418 e. The summed E-state index contributed by atoms with van der Waals surface area (Å²) in [6.07, 6.45) is -4.68. The first kappa shape index (κ1) is 18.4. The molecule has 0 spiro atoms. The molecule has 2 aromatic rings. The molecule has 0 aromatic heterocycles. The van der Waals surface area contributed by atoms with Gasteiger partial charge in [0.1, 0.15) is 5.82 Å². The Balaban J connectivity index is 2.08. The van der Waals surface area contributed by atoms with Crippen molar-refractivity contribution in [3.8, 4) is 0 Å². The first-order chi connectivity index (χ1) is 11.2. The van der Waals surface area contributed by atoms with Gasteiger partial charge in [0.25, 0.3) is 0 Å². The number of carbonyl (C=O) groups is 1. The van der Waals surface area contributed by atoms with E-state index in [-0.39, 0.29) is 15.7 Å². The van der Waals surface area contributed by atoms with Crippen molar-refractivity contribution in [2.75, 3.05) is 17.2 Å². The average Bonchev–Trinajstić information content (AvgIpc) is 2.47. The molecule has 0 heterocycles. The zero-order chi connectivity index (χ0) is 17.9. The molecule has 0 aliphatic heterocycles. The molecule has 24 heavy (non-hydrogen) atoms. The van der Waals surface area contributed by atoms with E-state index in [1.807, 2.05) is 0 Å². The summed E-state index contributed by atoms with van der Waals surface area (Å²) in [5, 5.41) is 4.66. The van der Waals surface area contributed by atoms with Crippen LogP contribution in [0.2, 0.25) is 10.0 Å². The quantitative estimate of drug-likeness (QED) is 0.715. The number of rotatable bonds is 4. The van der Waals surface area contributed by atoms with Crippen molar-refractivity contribution < 1.29 is 22.4 Å². The number of hydrogen-bond donors (Lipinski definition) is 2. The van der Waals surface area contributed by atoms with Crippen LogP contribution in [0.4, 0.5) is 28.9 Å². The number of alkyl halides is 3. The van der Waals surface area contributed by atoms with Gasteiger partial charge in [-0.15, -0.1) is 0 Å². The molecule has 0 bridgehead atoms. The summed E-state index contributed by atoms with van der Waals surface area (Å²) in [5.74, 6) is -1.46. The Morgan fingerprint density at radius 2 is 1.58 bits per heavy atom. The lowest BCUT2D eigenvalue weighted by Crippen LogP contribution is -2.23. The zero-order valence-corrected chi connectivity index (χ0v) is 13.4. The van der Waals surface area contributed by atoms with Crippen molar-refractivity contribution in [3.63, 3.8) is 0 Å². The fraction of sp³-hybridized carbons (Fsp3) is 0.133. The molecule has 128 valence electrons. The van der Waals surface area contributed by atoms with Crippen LogP contribution < -0.4 is 10.6 Å². The summed E-state index contributed by atoms with van der Waals surface area (Å²) in [5.41, 5.74) is -1.50. The third kappa shape index (κ3) is 4.75. The van der Waals surface area contributed by atoms with E-state index in [9.17, 15) is 22.4 Å². The van der Waals surface area contributed by atoms with Crippen LogP contribution in [0.25, 0.3) is 0 Å². The zero-order valence-electron chi connectivity index (χ0n) is 11.8. The van der Waals surface area contributed by atoms with E-state index in [1.165, 1.54) is 18.2 Å². The van der Waals surface area contributed by atoms with Gasteiger partial charge in [0.15, 0.2) is 0 Å². The SMILES string of the molecule is O=C(CNc1ccc(Cl)cc1F)Nc1ccc(Cl)cc1C(F)(F)F. The maximum Gasteiger partial charge on any atom is 0.418 e. The van der Waals surface area contributed by atoms with Gasteiger partial charge in [0.2, 0.25) is 5.91 Å². The van der Waals surface area contributed by atoms with Crippen molar-refractivity contribution in [1.29, 1.82) is 0 Å². The molecular weight excluding hydrogens is 371 g/mol. The van der Waals surface area contributed by atoms with Crippen LogP contribution in [0.1, 0.15) is 5.56 Å². The molecule has 3 nitrogen and oxygen atoms in total. The van der Waals surface area contributed by atoms with Gasteiger partial charge in [-0.3, -0.25) is 4.79 Å². The Labute approximate surface area is 144 Å². The normalized spacial score (nSPS) is 11.2. The molecule has 1 amide bonds. The molecule has 2 aromatic carbocycles. The van der Waals surface area contributed by atoms with Gasteiger partial charge in [0.05, 0.1) is 23.5 Å². The van der Waals surface area contributed by atoms with Crippen molar-refractivity contribution in [1.82, 2.24) is 0 Å². The highest BCUT2D eigenvalue weighted by atomic mass is 35.5. The van der Waals surface area contributed by atoms with Crippen LogP contribution in [0.3, 0.4) is 0 Å². The molecule has 0 saturated carbocycles. The van der Waals surface area contributed by atoms with E-state index in [0.717, 1.165) is 12.1 Å². The van der Waals surface area contributed by atoms with Crippen molar-refractivity contribution in [3.05, 3.63) is 57.8 Å². The first-order valence-electron chi connectivity index (χ1n) is 6.52. The van der Waals surface area contributed by atoms with E-state index in [1.54, 1.807) is 0 Å². The Bertz CT molecular complexity index is 766. The molecule has 0 fully saturated rings. The summed E-state index contributed by atoms with van der Waals surface area (Å²) >= 11 is 11.1. The molecule has 0 saturated heterocycles. The maximum atomic E-state index is 13.6. The minimum Gasteiger partial charge on any atom is -0.374 e. The van der Waals surface area contributed by atoms with Gasteiger partial charge in [-0.2, -0.15) is 13.2 Å². The second kappa shape index (κ2) is 7.27. The smallest absolute Gasteiger partial charge is 0.374 e. The van der Waals surface area contributed by atoms with Crippen molar-refractivity contribution in [2.24, 2.45) is 0 Å². The topological polar surface area (TPSA) is 41.1 Å². The molecule has 0 unspecified atom stereocenters. The van der Waals surface area contributed by atoms with Crippen LogP contribution in [-0.2, 0) is 11.0 Å². The predicted molar refractivity (Wildman–Crippen MR) is 85.0 cm³/mol. The van der Waals surface area contributed by atoms with Crippen molar-refractivity contribution in [2.45, 2.75) is 6.18 Å². The number of nitrogens with one attached hydrogen (secondary N) is 2. The molecule has 2 N–H and O–H groups in total. The van der Waals surface area contributed by atoms with Crippen LogP contribution in [0.15, 0.2) is 36.4 Å². The molecule has 2 rings (SSSR count). The number of halogens is 6. The number of hydrogen-bond acceptors (Lipinski definition) is 2. The lowest BCUT2D eigenvalue weighted by atomic mass is 10.1. The van der Waals surface area contributed by atoms with E-state index < -0.39 is 35.7 Å². The molecule has 9 heteroatoms. The fourth-order valence-electron chi connectivity index (χ4n) is 1.86. The third-order valence-electron chi connectivity index (χ3n) is 2.93. The lowest BCUT2D eigenvalue weighted by Gasteiger charge is -2.14. The Hall–Kier alpha value is -1.99. The van der Waals surface area contributed by atoms with Gasteiger partial charge in [-0.25, -0.2) is 4.39 Å². The van der Waals surface area contributed by atoms with Gasteiger partial charge < -0.3 is 10.6 Å². The van der Waals surface area contributed by atoms with Crippen molar-refractivity contribution >= 4 is 40.5 Å². The van der Waals surface area contributed by atoms with E-state index in [2.05, 4.69) is 10.6 Å². The molecule has 0 radical (unpaired) electrons. The number of anilines is 2. The monoisotopic (exact) mass is 380 g/mol. The van der Waals surface area contributed by atoms with Gasteiger partial charge >= 0.3 is 6.18 Å². The summed E-state index contributed by atoms with van der Waals surface area (Å²) in [7, 11) is 0. The van der Waals surface area contributed by atoms with E-state index in [0.29, 0.717) is 6.07 Å². The first-order valence-corrected chi connectivity index (χ1v) is 7.28. The summed E-state index contributed by atoms with van der Waals surface area (Å²) < 4.78 is 52.3. The standard InChI is InChI=1S/C15H10Cl2F4N2O/c16-8-1-3-12(10(5-8)15(19,20)21)23-14(24)7-22-13-4-2-9(17)6-11(13)18/h1-6,22H,7H2,(H,23,24). The highest BCUT2D eigenvalue weighted by Crippen LogP contribution is 2.36. The van der Waals surface area contributed by atoms with Crippen LogP contribution >= 0.6 is 23.2 Å². The second-order valence-corrected chi connectivity index (χ2v) is 5.59. The van der Waals surface area contributed by atoms with Gasteiger partial charge in [0, 0.05) is 10.0 Å². The fourth-order valence-corrected chi connectivity index (χ4v) is 2.19. The van der Waals surface area contributed by atoms with Gasteiger partial charge in [-0.1, -0.05) is 23.2 Å². The number of carbonyl (C=O) groups excluding carboxylic acids is 1. The highest BCUT2D eigenvalue weighted by molar-refractivity contribution is 6.31. The lowest BCUT2D eigenvalue weighted by molar-refractivity contribution is -0.137. The van der Waals surface area contributed by atoms with Gasteiger partial charge in [-0.05, 0) is 36.4 Å². The number of amides is 1. The highest BCUT2D eigenvalue weighted by Gasteiger charge is 2.34. The molecule has 0 aliphatic rings. The Morgan fingerprint density at radius 1 is 1.00 bits per heavy atom.